The molecule has 1 fully saturated rings. The Morgan fingerprint density at radius 1 is 1.18 bits per heavy atom. The largest absolute Gasteiger partial charge is 0.368 e. The standard InChI is InChI=1S/C14H17N7S/c15-12-18-13(16-9-5-2-1-3-6-9)19-14-17-11(20-21(12)14)10-7-4-8-22-10/h4,7-9H,1-3,5-6H2,(H3,15,16,17,18,19,20). The third-order valence-electron chi connectivity index (χ3n) is 3.91. The van der Waals surface area contributed by atoms with E-state index >= 15 is 0 Å². The van der Waals surface area contributed by atoms with Gasteiger partial charge in [-0.15, -0.1) is 16.4 Å². The van der Waals surface area contributed by atoms with E-state index in [1.165, 1.54) is 23.8 Å². The van der Waals surface area contributed by atoms with Gasteiger partial charge in [0.1, 0.15) is 0 Å². The summed E-state index contributed by atoms with van der Waals surface area (Å²) >= 11 is 1.59. The van der Waals surface area contributed by atoms with Gasteiger partial charge in [0.25, 0.3) is 5.78 Å². The van der Waals surface area contributed by atoms with Crippen molar-refractivity contribution in [2.45, 2.75) is 38.1 Å². The zero-order chi connectivity index (χ0) is 14.9. The van der Waals surface area contributed by atoms with Gasteiger partial charge in [-0.3, -0.25) is 0 Å². The van der Waals surface area contributed by atoms with Crippen LogP contribution in [0, 0.1) is 0 Å². The van der Waals surface area contributed by atoms with Crippen LogP contribution in [-0.2, 0) is 0 Å². The van der Waals surface area contributed by atoms with Crippen LogP contribution in [0.5, 0.6) is 0 Å². The number of fused-ring (bicyclic) bond motifs is 1. The Balaban J connectivity index is 1.66. The second-order valence-corrected chi connectivity index (χ2v) is 6.46. The first kappa shape index (κ1) is 13.4. The number of nitrogens with one attached hydrogen (secondary N) is 1. The lowest BCUT2D eigenvalue weighted by molar-refractivity contribution is 0.461. The van der Waals surface area contributed by atoms with Crippen LogP contribution in [-0.4, -0.2) is 30.6 Å². The molecule has 0 aliphatic heterocycles. The maximum Gasteiger partial charge on any atom is 0.259 e. The average Bonchev–Trinajstić information content (AvgIpc) is 3.17. The zero-order valence-corrected chi connectivity index (χ0v) is 12.9. The van der Waals surface area contributed by atoms with Gasteiger partial charge in [0.05, 0.1) is 4.88 Å². The molecular formula is C14H17N7S. The minimum Gasteiger partial charge on any atom is -0.368 e. The predicted octanol–water partition coefficient (Wildman–Crippen LogP) is 2.57. The van der Waals surface area contributed by atoms with Gasteiger partial charge < -0.3 is 11.1 Å². The molecule has 0 atom stereocenters. The van der Waals surface area contributed by atoms with Gasteiger partial charge in [0.15, 0.2) is 5.82 Å². The Hall–Kier alpha value is -2.22. The van der Waals surface area contributed by atoms with Gasteiger partial charge in [-0.1, -0.05) is 25.3 Å². The van der Waals surface area contributed by atoms with Crippen molar-refractivity contribution >= 4 is 29.0 Å². The van der Waals surface area contributed by atoms with Gasteiger partial charge in [0.2, 0.25) is 11.9 Å². The van der Waals surface area contributed by atoms with Crippen molar-refractivity contribution in [3.8, 4) is 10.7 Å². The zero-order valence-electron chi connectivity index (χ0n) is 12.1. The molecule has 8 heteroatoms. The fourth-order valence-corrected chi connectivity index (χ4v) is 3.46. The minimum atomic E-state index is 0.304. The lowest BCUT2D eigenvalue weighted by Crippen LogP contribution is -2.24. The molecule has 7 nitrogen and oxygen atoms in total. The van der Waals surface area contributed by atoms with Crippen LogP contribution in [0.1, 0.15) is 32.1 Å². The summed E-state index contributed by atoms with van der Waals surface area (Å²) in [6.45, 7) is 0. The summed E-state index contributed by atoms with van der Waals surface area (Å²) in [6.07, 6.45) is 6.13. The molecule has 22 heavy (non-hydrogen) atoms. The molecule has 0 saturated heterocycles. The summed E-state index contributed by atoms with van der Waals surface area (Å²) in [7, 11) is 0. The van der Waals surface area contributed by atoms with Gasteiger partial charge >= 0.3 is 0 Å². The Morgan fingerprint density at radius 2 is 2.05 bits per heavy atom. The summed E-state index contributed by atoms with van der Waals surface area (Å²) < 4.78 is 1.49. The van der Waals surface area contributed by atoms with Gasteiger partial charge in [0, 0.05) is 6.04 Å². The molecule has 3 heterocycles. The van der Waals surface area contributed by atoms with Gasteiger partial charge in [-0.05, 0) is 24.3 Å². The molecule has 0 bridgehead atoms. The maximum atomic E-state index is 6.00. The van der Waals surface area contributed by atoms with Crippen LogP contribution in [0.2, 0.25) is 0 Å². The molecule has 0 unspecified atom stereocenters. The Labute approximate surface area is 131 Å². The molecule has 0 amide bonds. The minimum absolute atomic E-state index is 0.304. The summed E-state index contributed by atoms with van der Waals surface area (Å²) in [4.78, 5) is 14.2. The molecular weight excluding hydrogens is 298 g/mol. The fourth-order valence-electron chi connectivity index (χ4n) is 2.81. The molecule has 0 radical (unpaired) electrons. The van der Waals surface area contributed by atoms with E-state index < -0.39 is 0 Å². The van der Waals surface area contributed by atoms with E-state index in [1.807, 2.05) is 17.5 Å². The SMILES string of the molecule is Nc1nc(NC2CCCCC2)nc2nc(-c3cccs3)nn12. The summed E-state index contributed by atoms with van der Waals surface area (Å²) in [5.41, 5.74) is 6.00. The van der Waals surface area contributed by atoms with E-state index in [9.17, 15) is 0 Å². The van der Waals surface area contributed by atoms with Crippen LogP contribution < -0.4 is 11.1 Å². The molecule has 1 aliphatic rings. The topological polar surface area (TPSA) is 94.0 Å². The van der Waals surface area contributed by atoms with Crippen molar-refractivity contribution < 1.29 is 0 Å². The number of aromatic nitrogens is 5. The van der Waals surface area contributed by atoms with E-state index in [0.29, 0.717) is 29.5 Å². The Morgan fingerprint density at radius 3 is 2.82 bits per heavy atom. The number of anilines is 2. The summed E-state index contributed by atoms with van der Waals surface area (Å²) in [5, 5.41) is 9.75. The number of thiophene rings is 1. The summed E-state index contributed by atoms with van der Waals surface area (Å²) in [6, 6.07) is 4.37. The number of nitrogens with zero attached hydrogens (tertiary/aromatic N) is 5. The second kappa shape index (κ2) is 5.53. The maximum absolute atomic E-state index is 6.00. The number of rotatable bonds is 3. The van der Waals surface area contributed by atoms with Crippen LogP contribution in [0.25, 0.3) is 16.5 Å². The van der Waals surface area contributed by atoms with Crippen molar-refractivity contribution in [3.63, 3.8) is 0 Å². The Bertz CT molecular complexity index is 774. The highest BCUT2D eigenvalue weighted by atomic mass is 32.1. The smallest absolute Gasteiger partial charge is 0.259 e. The lowest BCUT2D eigenvalue weighted by Gasteiger charge is -2.22. The average molecular weight is 315 g/mol. The fraction of sp³-hybridized carbons (Fsp3) is 0.429. The van der Waals surface area contributed by atoms with Crippen molar-refractivity contribution in [3.05, 3.63) is 17.5 Å². The Kier molecular flexibility index (Phi) is 3.38. The number of nitrogens with two attached hydrogens (primary N) is 1. The molecule has 0 aromatic carbocycles. The van der Waals surface area contributed by atoms with E-state index in [2.05, 4.69) is 25.4 Å². The molecule has 3 aromatic rings. The van der Waals surface area contributed by atoms with Crippen molar-refractivity contribution in [2.24, 2.45) is 0 Å². The first-order valence-corrected chi connectivity index (χ1v) is 8.38. The molecule has 3 N–H and O–H groups in total. The normalized spacial score (nSPS) is 16.2. The van der Waals surface area contributed by atoms with Crippen molar-refractivity contribution in [1.82, 2.24) is 24.6 Å². The number of hydrogen-bond acceptors (Lipinski definition) is 7. The highest BCUT2D eigenvalue weighted by Gasteiger charge is 2.17. The summed E-state index contributed by atoms with van der Waals surface area (Å²) in [5.74, 6) is 1.96. The molecule has 0 spiro atoms. The van der Waals surface area contributed by atoms with Crippen LogP contribution in [0.4, 0.5) is 11.9 Å². The van der Waals surface area contributed by atoms with Crippen LogP contribution in [0.15, 0.2) is 17.5 Å². The molecule has 114 valence electrons. The van der Waals surface area contributed by atoms with E-state index in [1.54, 1.807) is 11.3 Å². The highest BCUT2D eigenvalue weighted by Crippen LogP contribution is 2.23. The van der Waals surface area contributed by atoms with Crippen molar-refractivity contribution in [2.75, 3.05) is 11.1 Å². The number of nitrogen functional groups attached to an aromatic ring is 1. The third-order valence-corrected chi connectivity index (χ3v) is 4.78. The molecule has 1 saturated carbocycles. The van der Waals surface area contributed by atoms with Crippen LogP contribution >= 0.6 is 11.3 Å². The molecule has 1 aliphatic carbocycles. The third kappa shape index (κ3) is 2.50. The number of hydrogen-bond donors (Lipinski definition) is 2. The van der Waals surface area contributed by atoms with E-state index in [4.69, 9.17) is 5.73 Å². The second-order valence-electron chi connectivity index (χ2n) is 5.51. The van der Waals surface area contributed by atoms with E-state index in [-0.39, 0.29) is 0 Å². The predicted molar refractivity (Wildman–Crippen MR) is 86.8 cm³/mol. The highest BCUT2D eigenvalue weighted by molar-refractivity contribution is 7.13. The lowest BCUT2D eigenvalue weighted by atomic mass is 9.96. The monoisotopic (exact) mass is 315 g/mol. The quantitative estimate of drug-likeness (QED) is 0.771. The van der Waals surface area contributed by atoms with E-state index in [0.717, 1.165) is 17.7 Å². The van der Waals surface area contributed by atoms with Gasteiger partial charge in [-0.2, -0.15) is 19.5 Å². The first-order valence-electron chi connectivity index (χ1n) is 7.50. The molecule has 4 rings (SSSR count). The molecule has 3 aromatic heterocycles. The van der Waals surface area contributed by atoms with Crippen molar-refractivity contribution in [1.29, 1.82) is 0 Å². The van der Waals surface area contributed by atoms with Crippen LogP contribution in [0.3, 0.4) is 0 Å². The van der Waals surface area contributed by atoms with Gasteiger partial charge in [-0.25, -0.2) is 0 Å². The first-order chi connectivity index (χ1) is 10.8.